The highest BCUT2D eigenvalue weighted by Gasteiger charge is 2.27. The van der Waals surface area contributed by atoms with Crippen LogP contribution in [0.1, 0.15) is 329 Å². The summed E-state index contributed by atoms with van der Waals surface area (Å²) in [6, 6.07) is -0.900. The van der Waals surface area contributed by atoms with Gasteiger partial charge in [-0.2, -0.15) is 0 Å². The second-order valence-electron chi connectivity index (χ2n) is 25.7. The Bertz CT molecular complexity index is 1810. The van der Waals surface area contributed by atoms with Gasteiger partial charge < -0.3 is 28.5 Å². The van der Waals surface area contributed by atoms with Gasteiger partial charge in [-0.1, -0.05) is 298 Å². The first-order chi connectivity index (χ1) is 42.4. The molecule has 504 valence electrons. The minimum absolute atomic E-state index is 0.0277. The van der Waals surface area contributed by atoms with E-state index in [4.69, 9.17) is 13.8 Å². The fourth-order valence-electron chi connectivity index (χ4n) is 10.3. The van der Waals surface area contributed by atoms with Crippen molar-refractivity contribution in [3.8, 4) is 0 Å². The van der Waals surface area contributed by atoms with Crippen molar-refractivity contribution in [2.45, 2.75) is 341 Å². The van der Waals surface area contributed by atoms with Crippen molar-refractivity contribution in [2.24, 2.45) is 0 Å². The van der Waals surface area contributed by atoms with Gasteiger partial charge in [0.2, 0.25) is 5.91 Å². The zero-order chi connectivity index (χ0) is 63.5. The predicted molar refractivity (Wildman–Crippen MR) is 376 cm³/mol. The van der Waals surface area contributed by atoms with E-state index in [1.54, 1.807) is 0 Å². The van der Waals surface area contributed by atoms with E-state index >= 15 is 0 Å². The Hall–Kier alpha value is -3.07. The van der Waals surface area contributed by atoms with Gasteiger partial charge in [0.15, 0.2) is 0 Å². The molecule has 0 aliphatic carbocycles. The van der Waals surface area contributed by atoms with E-state index < -0.39 is 26.6 Å². The van der Waals surface area contributed by atoms with Gasteiger partial charge in [-0.15, -0.1) is 0 Å². The Labute approximate surface area is 538 Å². The third-order valence-electron chi connectivity index (χ3n) is 16.0. The molecule has 0 saturated heterocycles. The molecule has 87 heavy (non-hydrogen) atoms. The van der Waals surface area contributed by atoms with Gasteiger partial charge in [-0.05, 0) is 115 Å². The van der Waals surface area contributed by atoms with Crippen molar-refractivity contribution in [1.29, 1.82) is 0 Å². The molecule has 0 aliphatic rings. The highest BCUT2D eigenvalue weighted by molar-refractivity contribution is 7.45. The Balaban J connectivity index is 5.10. The minimum Gasteiger partial charge on any atom is -0.756 e. The topological polar surface area (TPSA) is 114 Å². The van der Waals surface area contributed by atoms with Gasteiger partial charge in [0, 0.05) is 12.8 Å². The summed E-state index contributed by atoms with van der Waals surface area (Å²) < 4.78 is 30.5. The summed E-state index contributed by atoms with van der Waals surface area (Å²) in [6.07, 6.45) is 89.5. The van der Waals surface area contributed by atoms with Crippen molar-refractivity contribution < 1.29 is 37.3 Å². The van der Waals surface area contributed by atoms with Crippen LogP contribution in [0, 0.1) is 0 Å². The second kappa shape index (κ2) is 65.9. The standard InChI is InChI=1S/C77H139N2O7P/c1-7-10-13-16-19-22-25-28-30-32-34-36-37-38-39-40-41-43-45-47-49-52-55-58-61-64-67-70-77(81)86-75(68-65-62-59-56-53-50-27-24-21-18-15-12-9-3)74(73-85-87(82,83)84-72-71-79(4,5)6)78-76(80)69-66-63-60-57-54-51-48-46-44-42-35-33-31-29-26-23-20-17-14-11-8-2/h19-20,22-23,28-31,34-36,38-39,42,65,68,74-75H,7-18,21,24-27,32-33,37,40-41,43-64,66-67,69-73H2,1-6H3,(H-,78,80,82,83)/b22-19-,23-20-,30-28-,31-29-,36-34-,39-38-,42-35-,68-65-. The fraction of sp³-hybridized carbons (Fsp3) is 0.766. The molecule has 9 nitrogen and oxygen atoms in total. The summed E-state index contributed by atoms with van der Waals surface area (Å²) in [6.45, 7) is 6.81. The number of likely N-dealkylation sites (N-methyl/N-ethyl adjacent to an activating group) is 1. The number of carbonyl (C=O) groups excluding carboxylic acids is 2. The maximum absolute atomic E-state index is 13.6. The van der Waals surface area contributed by atoms with Crippen LogP contribution >= 0.6 is 7.82 Å². The molecular formula is C77H139N2O7P. The number of allylic oxidation sites excluding steroid dienone is 15. The van der Waals surface area contributed by atoms with Gasteiger partial charge in [0.1, 0.15) is 19.3 Å². The van der Waals surface area contributed by atoms with Gasteiger partial charge >= 0.3 is 5.97 Å². The van der Waals surface area contributed by atoms with Gasteiger partial charge in [0.25, 0.3) is 7.82 Å². The van der Waals surface area contributed by atoms with Crippen molar-refractivity contribution >= 4 is 19.7 Å². The number of esters is 1. The smallest absolute Gasteiger partial charge is 0.306 e. The quantitative estimate of drug-likeness (QED) is 0.0212. The lowest BCUT2D eigenvalue weighted by atomic mass is 10.0. The number of carbonyl (C=O) groups is 2. The molecule has 10 heteroatoms. The number of hydrogen-bond acceptors (Lipinski definition) is 7. The van der Waals surface area contributed by atoms with Crippen molar-refractivity contribution in [3.05, 3.63) is 97.2 Å². The molecule has 1 amide bonds. The molecule has 0 saturated carbocycles. The number of ether oxygens (including phenoxy) is 1. The van der Waals surface area contributed by atoms with Gasteiger partial charge in [0.05, 0.1) is 33.8 Å². The van der Waals surface area contributed by atoms with Crippen LogP contribution < -0.4 is 10.2 Å². The maximum Gasteiger partial charge on any atom is 0.306 e. The molecule has 3 unspecified atom stereocenters. The number of nitrogens with zero attached hydrogens (tertiary/aromatic N) is 1. The van der Waals surface area contributed by atoms with E-state index in [0.29, 0.717) is 17.4 Å². The molecule has 0 bridgehead atoms. The average Bonchev–Trinajstić information content (AvgIpc) is 3.70. The van der Waals surface area contributed by atoms with Crippen molar-refractivity contribution in [1.82, 2.24) is 5.32 Å². The number of phosphoric ester groups is 1. The van der Waals surface area contributed by atoms with Crippen LogP contribution in [0.2, 0.25) is 0 Å². The van der Waals surface area contributed by atoms with Crippen molar-refractivity contribution in [3.63, 3.8) is 0 Å². The zero-order valence-corrected chi connectivity index (χ0v) is 58.6. The molecule has 0 radical (unpaired) electrons. The molecule has 1 N–H and O–H groups in total. The number of rotatable bonds is 66. The van der Waals surface area contributed by atoms with Crippen LogP contribution in [-0.4, -0.2) is 69.4 Å². The molecule has 0 fully saturated rings. The van der Waals surface area contributed by atoms with Crippen LogP contribution in [-0.2, 0) is 27.9 Å². The van der Waals surface area contributed by atoms with E-state index in [0.717, 1.165) is 109 Å². The lowest BCUT2D eigenvalue weighted by molar-refractivity contribution is -0.870. The first kappa shape index (κ1) is 83.9. The Kier molecular flexibility index (Phi) is 63.5. The van der Waals surface area contributed by atoms with E-state index in [2.05, 4.69) is 111 Å². The molecule has 0 aliphatic heterocycles. The highest BCUT2D eigenvalue weighted by Crippen LogP contribution is 2.38. The lowest BCUT2D eigenvalue weighted by Gasteiger charge is -2.30. The van der Waals surface area contributed by atoms with Crippen molar-refractivity contribution in [2.75, 3.05) is 40.9 Å². The number of hydrogen-bond donors (Lipinski definition) is 1. The van der Waals surface area contributed by atoms with Gasteiger partial charge in [-0.3, -0.25) is 14.2 Å². The summed E-state index contributed by atoms with van der Waals surface area (Å²) in [5, 5.41) is 3.04. The number of amides is 1. The van der Waals surface area contributed by atoms with Crippen LogP contribution in [0.15, 0.2) is 97.2 Å². The lowest BCUT2D eigenvalue weighted by Crippen LogP contribution is -2.47. The molecule has 0 rings (SSSR count). The van der Waals surface area contributed by atoms with E-state index in [-0.39, 0.29) is 24.9 Å². The third kappa shape index (κ3) is 67.2. The maximum atomic E-state index is 13.6. The highest BCUT2D eigenvalue weighted by atomic mass is 31.2. The number of nitrogens with one attached hydrogen (secondary N) is 1. The summed E-state index contributed by atoms with van der Waals surface area (Å²) in [5.74, 6) is -0.548. The molecule has 0 heterocycles. The number of phosphoric acid groups is 1. The second-order valence-corrected chi connectivity index (χ2v) is 27.1. The number of quaternary nitrogens is 1. The average molecular weight is 1240 g/mol. The fourth-order valence-corrected chi connectivity index (χ4v) is 11.1. The zero-order valence-electron chi connectivity index (χ0n) is 57.7. The molecule has 0 aromatic rings. The SMILES string of the molecule is CCCCC/C=C\C/C=C\C/C=C\C/C=C\CCCCCCCCCCCCCC(=O)OC(/C=C\CCCCCCCCCCCCC)C(COP(=O)([O-])OCC[N+](C)(C)C)NC(=O)CCCCCCCCCC/C=C\C/C=C\C/C=C\CCCCC. The first-order valence-corrected chi connectivity index (χ1v) is 38.0. The monoisotopic (exact) mass is 1240 g/mol. The Morgan fingerprint density at radius 1 is 0.402 bits per heavy atom. The summed E-state index contributed by atoms with van der Waals surface area (Å²) in [7, 11) is 1.18. The van der Waals surface area contributed by atoms with Crippen LogP contribution in [0.4, 0.5) is 0 Å². The molecule has 0 spiro atoms. The van der Waals surface area contributed by atoms with Crippen LogP contribution in [0.3, 0.4) is 0 Å². The predicted octanol–water partition coefficient (Wildman–Crippen LogP) is 22.8. The summed E-state index contributed by atoms with van der Waals surface area (Å²) in [5.41, 5.74) is 0. The van der Waals surface area contributed by atoms with E-state index in [1.807, 2.05) is 33.3 Å². The largest absolute Gasteiger partial charge is 0.756 e. The summed E-state index contributed by atoms with van der Waals surface area (Å²) >= 11 is 0. The minimum atomic E-state index is -4.71. The van der Waals surface area contributed by atoms with Gasteiger partial charge in [-0.25, -0.2) is 0 Å². The van der Waals surface area contributed by atoms with Crippen LogP contribution in [0.25, 0.3) is 0 Å². The Morgan fingerprint density at radius 2 is 0.701 bits per heavy atom. The molecular weight excluding hydrogens is 1100 g/mol. The summed E-state index contributed by atoms with van der Waals surface area (Å²) in [4.78, 5) is 40.2. The molecule has 3 atom stereocenters. The normalized spacial score (nSPS) is 14.1. The number of unbranched alkanes of at least 4 members (excludes halogenated alkanes) is 36. The third-order valence-corrected chi connectivity index (χ3v) is 17.0. The van der Waals surface area contributed by atoms with E-state index in [1.165, 1.54) is 186 Å². The first-order valence-electron chi connectivity index (χ1n) is 36.5. The Morgan fingerprint density at radius 3 is 1.07 bits per heavy atom. The molecule has 0 aromatic carbocycles. The van der Waals surface area contributed by atoms with Crippen LogP contribution in [0.5, 0.6) is 0 Å². The van der Waals surface area contributed by atoms with E-state index in [9.17, 15) is 19.0 Å². The molecule has 0 aromatic heterocycles.